The van der Waals surface area contributed by atoms with Crippen LogP contribution < -0.4 is 32.3 Å². The van der Waals surface area contributed by atoms with Crippen molar-refractivity contribution in [3.63, 3.8) is 0 Å². The lowest BCUT2D eigenvalue weighted by Gasteiger charge is -2.26. The second-order valence-electron chi connectivity index (χ2n) is 4.43. The number of nitrogens with zero attached hydrogens (tertiary/aromatic N) is 2. The first-order chi connectivity index (χ1) is 9.97. The van der Waals surface area contributed by atoms with Crippen LogP contribution in [0.25, 0.3) is 0 Å². The first kappa shape index (κ1) is 17.6. The lowest BCUT2D eigenvalue weighted by molar-refractivity contribution is 0.364. The smallest absolute Gasteiger partial charge is 0.180 e. The van der Waals surface area contributed by atoms with E-state index in [1.165, 1.54) is 0 Å². The molecule has 0 aliphatic heterocycles. The van der Waals surface area contributed by atoms with Gasteiger partial charge in [0.1, 0.15) is 0 Å². The molecule has 0 spiro atoms. The lowest BCUT2D eigenvalue weighted by Crippen LogP contribution is -2.54. The van der Waals surface area contributed by atoms with Crippen LogP contribution in [0.2, 0.25) is 0 Å². The van der Waals surface area contributed by atoms with Gasteiger partial charge in [-0.1, -0.05) is 0 Å². The second kappa shape index (κ2) is 8.72. The summed E-state index contributed by atoms with van der Waals surface area (Å²) in [4.78, 5) is 4.37. The number of hydrogen-bond acceptors (Lipinski definition) is 5. The number of hydrogen-bond donors (Lipinski definition) is 6. The van der Waals surface area contributed by atoms with E-state index >= 15 is 0 Å². The Balaban J connectivity index is 2.71. The van der Waals surface area contributed by atoms with Gasteiger partial charge in [-0.3, -0.25) is 10.9 Å². The Morgan fingerprint density at radius 1 is 1.14 bits per heavy atom. The minimum absolute atomic E-state index is 0.0154. The molecule has 21 heavy (non-hydrogen) atoms. The molecule has 1 aromatic heterocycles. The van der Waals surface area contributed by atoms with Crippen molar-refractivity contribution in [2.75, 3.05) is 14.1 Å². The number of thiocarbonyl (C=S) groups is 2. The van der Waals surface area contributed by atoms with Gasteiger partial charge >= 0.3 is 0 Å². The summed E-state index contributed by atoms with van der Waals surface area (Å²) < 4.78 is 1.89. The zero-order valence-corrected chi connectivity index (χ0v) is 14.2. The minimum Gasteiger partial charge on any atom is -0.365 e. The highest BCUT2D eigenvalue weighted by atomic mass is 32.1. The van der Waals surface area contributed by atoms with Crippen LogP contribution in [-0.2, 0) is 7.05 Å². The van der Waals surface area contributed by atoms with Crippen LogP contribution in [0.5, 0.6) is 0 Å². The van der Waals surface area contributed by atoms with Gasteiger partial charge in [0.05, 0.1) is 18.1 Å². The molecule has 0 bridgehead atoms. The molecule has 1 rings (SSSR count). The molecule has 10 heteroatoms. The molecule has 2 unspecified atom stereocenters. The van der Waals surface area contributed by atoms with Crippen molar-refractivity contribution in [1.29, 1.82) is 0 Å². The number of nitrogens with one attached hydrogen (secondary N) is 6. The van der Waals surface area contributed by atoms with Gasteiger partial charge in [-0.25, -0.2) is 15.8 Å². The maximum Gasteiger partial charge on any atom is 0.180 e. The van der Waals surface area contributed by atoms with E-state index in [4.69, 9.17) is 24.4 Å². The molecule has 1 heterocycles. The Hall–Kier alpha value is -1.49. The first-order valence-electron chi connectivity index (χ1n) is 6.42. The second-order valence-corrected chi connectivity index (χ2v) is 5.24. The Kier molecular flexibility index (Phi) is 7.29. The van der Waals surface area contributed by atoms with Crippen LogP contribution in [0.3, 0.4) is 0 Å². The lowest BCUT2D eigenvalue weighted by atomic mass is 10.1. The minimum atomic E-state index is -0.121. The fraction of sp³-hybridized carbons (Fsp3) is 0.545. The summed E-state index contributed by atoms with van der Waals surface area (Å²) >= 11 is 10.1. The summed E-state index contributed by atoms with van der Waals surface area (Å²) in [5.74, 6) is 0. The molecule has 8 nitrogen and oxygen atoms in total. The molecule has 6 N–H and O–H groups in total. The molecule has 0 radical (unpaired) electrons. The Morgan fingerprint density at radius 3 is 2.19 bits per heavy atom. The fourth-order valence-corrected chi connectivity index (χ4v) is 1.70. The van der Waals surface area contributed by atoms with Crippen molar-refractivity contribution in [1.82, 2.24) is 41.9 Å². The highest BCUT2D eigenvalue weighted by molar-refractivity contribution is 7.80. The molecule has 0 fully saturated rings. The quantitative estimate of drug-likeness (QED) is 0.292. The van der Waals surface area contributed by atoms with E-state index in [9.17, 15) is 0 Å². The standard InChI is InChI=1S/C11H22N8S2/c1-7(15-17-10(20)12-2)9(16-18-11(21)13-3)8-5-19(4)6-14-8/h5-7,9,15-16H,1-4H3,(H2,12,17,20)(H2,13,18,21). The Bertz CT molecular complexity index is 475. The third-order valence-corrected chi connectivity index (χ3v) is 3.36. The maximum atomic E-state index is 5.06. The van der Waals surface area contributed by atoms with Gasteiger partial charge in [0.15, 0.2) is 10.2 Å². The summed E-state index contributed by atoms with van der Waals surface area (Å²) in [6.45, 7) is 2.00. The molecule has 2 atom stereocenters. The molecule has 0 aliphatic rings. The average Bonchev–Trinajstić information content (AvgIpc) is 2.90. The number of imidazole rings is 1. The largest absolute Gasteiger partial charge is 0.365 e. The van der Waals surface area contributed by atoms with Crippen LogP contribution in [-0.4, -0.2) is 39.9 Å². The number of rotatable bonds is 6. The predicted molar refractivity (Wildman–Crippen MR) is 91.3 cm³/mol. The fourth-order valence-electron chi connectivity index (χ4n) is 1.58. The van der Waals surface area contributed by atoms with E-state index in [0.717, 1.165) is 5.69 Å². The van der Waals surface area contributed by atoms with Gasteiger partial charge in [-0.05, 0) is 31.4 Å². The van der Waals surface area contributed by atoms with Gasteiger partial charge in [0, 0.05) is 33.4 Å². The molecule has 118 valence electrons. The van der Waals surface area contributed by atoms with Crippen LogP contribution in [0.15, 0.2) is 12.5 Å². The number of aromatic nitrogens is 2. The highest BCUT2D eigenvalue weighted by Crippen LogP contribution is 2.13. The molecule has 0 amide bonds. The average molecular weight is 330 g/mol. The summed E-state index contributed by atoms with van der Waals surface area (Å²) in [5.41, 5.74) is 13.0. The Labute approximate surface area is 135 Å². The van der Waals surface area contributed by atoms with Crippen molar-refractivity contribution >= 4 is 34.7 Å². The molecule has 0 aromatic carbocycles. The molecule has 1 aromatic rings. The van der Waals surface area contributed by atoms with Gasteiger partial charge in [-0.2, -0.15) is 0 Å². The SMILES string of the molecule is CNC(=S)NNC(C)C(NNC(=S)NC)c1cn(C)cn1. The third kappa shape index (κ3) is 5.79. The third-order valence-electron chi connectivity index (χ3n) is 2.75. The molecular formula is C11H22N8S2. The number of aryl methyl sites for hydroxylation is 1. The van der Waals surface area contributed by atoms with Crippen LogP contribution in [0.1, 0.15) is 18.7 Å². The van der Waals surface area contributed by atoms with Crippen molar-refractivity contribution in [2.24, 2.45) is 7.05 Å². The number of hydrazine groups is 2. The van der Waals surface area contributed by atoms with Crippen LogP contribution in [0, 0.1) is 0 Å². The molecule has 0 saturated heterocycles. The van der Waals surface area contributed by atoms with Gasteiger partial charge in [0.2, 0.25) is 0 Å². The van der Waals surface area contributed by atoms with Crippen molar-refractivity contribution in [3.05, 3.63) is 18.2 Å². The van der Waals surface area contributed by atoms with Crippen LogP contribution in [0.4, 0.5) is 0 Å². The first-order valence-corrected chi connectivity index (χ1v) is 7.24. The van der Waals surface area contributed by atoms with E-state index in [-0.39, 0.29) is 12.1 Å². The van der Waals surface area contributed by atoms with Gasteiger partial charge in [-0.15, -0.1) is 0 Å². The summed E-state index contributed by atoms with van der Waals surface area (Å²) in [6.07, 6.45) is 3.69. The summed E-state index contributed by atoms with van der Waals surface area (Å²) in [7, 11) is 5.43. The summed E-state index contributed by atoms with van der Waals surface area (Å²) in [5, 5.41) is 6.69. The predicted octanol–water partition coefficient (Wildman–Crippen LogP) is -0.953. The normalized spacial score (nSPS) is 13.1. The van der Waals surface area contributed by atoms with E-state index in [2.05, 4.69) is 37.3 Å². The van der Waals surface area contributed by atoms with Gasteiger partial charge < -0.3 is 15.2 Å². The maximum absolute atomic E-state index is 5.06. The topological polar surface area (TPSA) is 90.0 Å². The summed E-state index contributed by atoms with van der Waals surface area (Å²) in [6, 6.07) is -0.136. The van der Waals surface area contributed by atoms with Crippen molar-refractivity contribution in [2.45, 2.75) is 19.0 Å². The highest BCUT2D eigenvalue weighted by Gasteiger charge is 2.21. The molecule has 0 aliphatic carbocycles. The van der Waals surface area contributed by atoms with Gasteiger partial charge in [0.25, 0.3) is 0 Å². The van der Waals surface area contributed by atoms with Crippen molar-refractivity contribution in [3.8, 4) is 0 Å². The zero-order valence-electron chi connectivity index (χ0n) is 12.5. The van der Waals surface area contributed by atoms with E-state index in [0.29, 0.717) is 10.2 Å². The van der Waals surface area contributed by atoms with Crippen LogP contribution >= 0.6 is 24.4 Å². The monoisotopic (exact) mass is 330 g/mol. The van der Waals surface area contributed by atoms with E-state index in [1.807, 2.05) is 24.7 Å². The molecular weight excluding hydrogens is 308 g/mol. The van der Waals surface area contributed by atoms with E-state index < -0.39 is 0 Å². The van der Waals surface area contributed by atoms with E-state index in [1.54, 1.807) is 20.4 Å². The molecule has 0 saturated carbocycles. The Morgan fingerprint density at radius 2 is 1.71 bits per heavy atom. The zero-order chi connectivity index (χ0) is 15.8. The van der Waals surface area contributed by atoms with Crippen molar-refractivity contribution < 1.29 is 0 Å².